The van der Waals surface area contributed by atoms with E-state index in [1.54, 1.807) is 29.5 Å². The summed E-state index contributed by atoms with van der Waals surface area (Å²) in [6.45, 7) is 0. The van der Waals surface area contributed by atoms with Crippen molar-refractivity contribution in [1.29, 1.82) is 5.26 Å². The first-order valence-corrected chi connectivity index (χ1v) is 4.64. The van der Waals surface area contributed by atoms with Crippen molar-refractivity contribution >= 4 is 15.9 Å². The van der Waals surface area contributed by atoms with E-state index in [-0.39, 0.29) is 0 Å². The van der Waals surface area contributed by atoms with Gasteiger partial charge in [0.25, 0.3) is 0 Å². The Morgan fingerprint density at radius 2 is 2.36 bits per heavy atom. The minimum Gasteiger partial charge on any atom is -0.303 e. The molecule has 2 heterocycles. The molecule has 5 heteroatoms. The summed E-state index contributed by atoms with van der Waals surface area (Å²) >= 11 is 3.31. The molecular formula is C9H5BrN4. The van der Waals surface area contributed by atoms with Gasteiger partial charge < -0.3 is 4.57 Å². The van der Waals surface area contributed by atoms with E-state index in [1.807, 2.05) is 12.1 Å². The third kappa shape index (κ3) is 1.52. The Morgan fingerprint density at radius 1 is 1.50 bits per heavy atom. The van der Waals surface area contributed by atoms with Crippen molar-refractivity contribution in [1.82, 2.24) is 14.5 Å². The van der Waals surface area contributed by atoms with Gasteiger partial charge in [-0.1, -0.05) is 0 Å². The third-order valence-electron chi connectivity index (χ3n) is 1.72. The fourth-order valence-electron chi connectivity index (χ4n) is 1.11. The average Bonchev–Trinajstić information content (AvgIpc) is 2.70. The Balaban J connectivity index is 2.63. The minimum absolute atomic E-state index is 0.381. The molecular weight excluding hydrogens is 244 g/mol. The van der Waals surface area contributed by atoms with Crippen LogP contribution in [0.5, 0.6) is 0 Å². The maximum absolute atomic E-state index is 8.85. The molecule has 2 aromatic heterocycles. The first-order valence-electron chi connectivity index (χ1n) is 3.85. The molecule has 4 nitrogen and oxygen atoms in total. The fourth-order valence-corrected chi connectivity index (χ4v) is 1.43. The molecule has 0 radical (unpaired) electrons. The number of pyridine rings is 1. The Bertz CT molecular complexity index is 484. The van der Waals surface area contributed by atoms with Crippen LogP contribution in [0.3, 0.4) is 0 Å². The second-order valence-electron chi connectivity index (χ2n) is 2.60. The zero-order chi connectivity index (χ0) is 9.97. The van der Waals surface area contributed by atoms with E-state index >= 15 is 0 Å². The Hall–Kier alpha value is -1.67. The van der Waals surface area contributed by atoms with Crippen LogP contribution in [-0.4, -0.2) is 14.5 Å². The molecule has 0 aliphatic heterocycles. The van der Waals surface area contributed by atoms with E-state index in [4.69, 9.17) is 5.26 Å². The van der Waals surface area contributed by atoms with Gasteiger partial charge in [-0.2, -0.15) is 5.26 Å². The van der Waals surface area contributed by atoms with Crippen LogP contribution in [0.1, 0.15) is 5.69 Å². The van der Waals surface area contributed by atoms with E-state index in [0.29, 0.717) is 5.69 Å². The van der Waals surface area contributed by atoms with Crippen LogP contribution in [0.2, 0.25) is 0 Å². The second kappa shape index (κ2) is 3.60. The standard InChI is InChI=1S/C9H5BrN4/c10-7-3-9(8(4-11)13-5-7)14-2-1-12-6-14/h1-3,5-6H. The van der Waals surface area contributed by atoms with E-state index in [1.165, 1.54) is 0 Å². The smallest absolute Gasteiger partial charge is 0.164 e. The van der Waals surface area contributed by atoms with Gasteiger partial charge in [0, 0.05) is 23.1 Å². The van der Waals surface area contributed by atoms with E-state index in [0.717, 1.165) is 10.2 Å². The van der Waals surface area contributed by atoms with Gasteiger partial charge in [-0.3, -0.25) is 0 Å². The highest BCUT2D eigenvalue weighted by Gasteiger charge is 2.05. The second-order valence-corrected chi connectivity index (χ2v) is 3.52. The SMILES string of the molecule is N#Cc1ncc(Br)cc1-n1ccnc1. The predicted octanol–water partition coefficient (Wildman–Crippen LogP) is 1.90. The van der Waals surface area contributed by atoms with Gasteiger partial charge in [-0.05, 0) is 22.0 Å². The van der Waals surface area contributed by atoms with Crippen LogP contribution in [0.15, 0.2) is 35.5 Å². The normalized spacial score (nSPS) is 9.71. The molecule has 0 aromatic carbocycles. The number of halogens is 1. The summed E-state index contributed by atoms with van der Waals surface area (Å²) in [6.07, 6.45) is 6.65. The number of imidazole rings is 1. The van der Waals surface area contributed by atoms with Crippen LogP contribution in [0, 0.1) is 11.3 Å². The molecule has 0 bridgehead atoms. The Morgan fingerprint density at radius 3 is 3.00 bits per heavy atom. The van der Waals surface area contributed by atoms with Crippen molar-refractivity contribution in [2.24, 2.45) is 0 Å². The van der Waals surface area contributed by atoms with Crippen molar-refractivity contribution in [3.8, 4) is 11.8 Å². The lowest BCUT2D eigenvalue weighted by molar-refractivity contribution is 1.02. The van der Waals surface area contributed by atoms with E-state index in [9.17, 15) is 0 Å². The van der Waals surface area contributed by atoms with Crippen LogP contribution < -0.4 is 0 Å². The number of aromatic nitrogens is 3. The van der Waals surface area contributed by atoms with Gasteiger partial charge >= 0.3 is 0 Å². The van der Waals surface area contributed by atoms with Gasteiger partial charge in [0.2, 0.25) is 0 Å². The van der Waals surface area contributed by atoms with Crippen LogP contribution in [0.25, 0.3) is 5.69 Å². The number of rotatable bonds is 1. The Kier molecular flexibility index (Phi) is 2.29. The lowest BCUT2D eigenvalue weighted by atomic mass is 10.3. The molecule has 68 valence electrons. The summed E-state index contributed by atoms with van der Waals surface area (Å²) in [4.78, 5) is 7.91. The predicted molar refractivity (Wildman–Crippen MR) is 53.8 cm³/mol. The summed E-state index contributed by atoms with van der Waals surface area (Å²) in [6, 6.07) is 3.86. The molecule has 0 spiro atoms. The molecule has 0 aliphatic rings. The van der Waals surface area contributed by atoms with Gasteiger partial charge in [0.05, 0.1) is 12.0 Å². The first kappa shape index (κ1) is 8.91. The molecule has 0 atom stereocenters. The summed E-state index contributed by atoms with van der Waals surface area (Å²) < 4.78 is 2.58. The summed E-state index contributed by atoms with van der Waals surface area (Å²) in [5.74, 6) is 0. The first-order chi connectivity index (χ1) is 6.81. The van der Waals surface area contributed by atoms with Crippen LogP contribution in [-0.2, 0) is 0 Å². The zero-order valence-corrected chi connectivity index (χ0v) is 8.64. The maximum Gasteiger partial charge on any atom is 0.164 e. The molecule has 0 unspecified atom stereocenters. The van der Waals surface area contributed by atoms with Crippen LogP contribution in [0.4, 0.5) is 0 Å². The van der Waals surface area contributed by atoms with Crippen molar-refractivity contribution < 1.29 is 0 Å². The molecule has 0 saturated carbocycles. The fraction of sp³-hybridized carbons (Fsp3) is 0. The van der Waals surface area contributed by atoms with Gasteiger partial charge in [-0.15, -0.1) is 0 Å². The quantitative estimate of drug-likeness (QED) is 0.775. The number of hydrogen-bond donors (Lipinski definition) is 0. The highest BCUT2D eigenvalue weighted by molar-refractivity contribution is 9.10. The maximum atomic E-state index is 8.85. The third-order valence-corrected chi connectivity index (χ3v) is 2.16. The van der Waals surface area contributed by atoms with Gasteiger partial charge in [-0.25, -0.2) is 9.97 Å². The highest BCUT2D eigenvalue weighted by atomic mass is 79.9. The van der Waals surface area contributed by atoms with Crippen molar-refractivity contribution in [3.05, 3.63) is 41.2 Å². The molecule has 0 aliphatic carbocycles. The molecule has 0 N–H and O–H groups in total. The van der Waals surface area contributed by atoms with Gasteiger partial charge in [0.1, 0.15) is 6.07 Å². The van der Waals surface area contributed by atoms with Crippen molar-refractivity contribution in [2.75, 3.05) is 0 Å². The van der Waals surface area contributed by atoms with Crippen molar-refractivity contribution in [3.63, 3.8) is 0 Å². The molecule has 2 rings (SSSR count). The topological polar surface area (TPSA) is 54.5 Å². The number of nitriles is 1. The average molecular weight is 249 g/mol. The van der Waals surface area contributed by atoms with Crippen molar-refractivity contribution in [2.45, 2.75) is 0 Å². The molecule has 0 fully saturated rings. The molecule has 14 heavy (non-hydrogen) atoms. The monoisotopic (exact) mass is 248 g/mol. The van der Waals surface area contributed by atoms with Crippen LogP contribution >= 0.6 is 15.9 Å². The molecule has 0 saturated heterocycles. The summed E-state index contributed by atoms with van der Waals surface area (Å²) in [5, 5.41) is 8.85. The number of hydrogen-bond acceptors (Lipinski definition) is 3. The Labute approximate surface area is 89.0 Å². The van der Waals surface area contributed by atoms with E-state index < -0.39 is 0 Å². The minimum atomic E-state index is 0.381. The molecule has 0 amide bonds. The summed E-state index contributed by atoms with van der Waals surface area (Å²) in [7, 11) is 0. The highest BCUT2D eigenvalue weighted by Crippen LogP contribution is 2.16. The number of nitrogens with zero attached hydrogens (tertiary/aromatic N) is 4. The molecule has 2 aromatic rings. The van der Waals surface area contributed by atoms with E-state index in [2.05, 4.69) is 25.9 Å². The van der Waals surface area contributed by atoms with Gasteiger partial charge in [0.15, 0.2) is 5.69 Å². The largest absolute Gasteiger partial charge is 0.303 e. The lowest BCUT2D eigenvalue weighted by Gasteiger charge is -2.03. The zero-order valence-electron chi connectivity index (χ0n) is 7.05. The lowest BCUT2D eigenvalue weighted by Crippen LogP contribution is -1.96. The summed E-state index contributed by atoms with van der Waals surface area (Å²) in [5.41, 5.74) is 1.10.